The summed E-state index contributed by atoms with van der Waals surface area (Å²) in [7, 11) is 0. The second-order valence-corrected chi connectivity index (χ2v) is 6.14. The maximum absolute atomic E-state index is 13.1. The molecule has 1 amide bonds. The van der Waals surface area contributed by atoms with Crippen molar-refractivity contribution < 1.29 is 13.6 Å². The molecule has 1 heterocycles. The molecule has 1 N–H and O–H groups in total. The summed E-state index contributed by atoms with van der Waals surface area (Å²) in [5, 5.41) is 6.70. The van der Waals surface area contributed by atoms with Crippen molar-refractivity contribution in [2.75, 3.05) is 5.32 Å². The maximum Gasteiger partial charge on any atom is 0.267 e. The van der Waals surface area contributed by atoms with Gasteiger partial charge in [0.25, 0.3) is 5.56 Å². The molecular weight excluding hydrogens is 316 g/mol. The van der Waals surface area contributed by atoms with Crippen LogP contribution in [0.25, 0.3) is 0 Å². The maximum atomic E-state index is 13.1. The van der Waals surface area contributed by atoms with Gasteiger partial charge in [0.15, 0.2) is 11.6 Å². The van der Waals surface area contributed by atoms with Crippen LogP contribution >= 0.6 is 0 Å². The molecule has 0 saturated heterocycles. The number of aryl methyl sites for hydroxylation is 1. The van der Waals surface area contributed by atoms with E-state index in [0.717, 1.165) is 47.3 Å². The Labute approximate surface area is 137 Å². The lowest BCUT2D eigenvalue weighted by Crippen LogP contribution is -2.32. The molecule has 0 bridgehead atoms. The number of benzene rings is 1. The van der Waals surface area contributed by atoms with Crippen LogP contribution in [-0.4, -0.2) is 15.7 Å². The first-order valence-electron chi connectivity index (χ1n) is 7.77. The third-order valence-corrected chi connectivity index (χ3v) is 4.10. The standard InChI is InChI=1S/C17H17F2N3O2/c1-10-2-5-15-11(6-10)7-17(24)22(21-15)9-16(23)20-12-3-4-13(18)14(19)8-12/h3-4,7-8,10H,2,5-6,9H2,1H3,(H,20,23)/t10-/m0/s1. The fourth-order valence-electron chi connectivity index (χ4n) is 2.84. The molecule has 24 heavy (non-hydrogen) atoms. The molecule has 0 spiro atoms. The van der Waals surface area contributed by atoms with Crippen LogP contribution in [0, 0.1) is 17.6 Å². The molecule has 0 radical (unpaired) electrons. The lowest BCUT2D eigenvalue weighted by atomic mass is 9.88. The summed E-state index contributed by atoms with van der Waals surface area (Å²) >= 11 is 0. The van der Waals surface area contributed by atoms with Crippen molar-refractivity contribution in [3.05, 3.63) is 57.5 Å². The van der Waals surface area contributed by atoms with Crippen molar-refractivity contribution in [3.63, 3.8) is 0 Å². The Balaban J connectivity index is 1.74. The molecule has 1 aromatic heterocycles. The highest BCUT2D eigenvalue weighted by Crippen LogP contribution is 2.22. The first-order valence-corrected chi connectivity index (χ1v) is 7.77. The van der Waals surface area contributed by atoms with E-state index in [0.29, 0.717) is 5.92 Å². The van der Waals surface area contributed by atoms with Crippen LogP contribution in [-0.2, 0) is 24.2 Å². The zero-order chi connectivity index (χ0) is 17.3. The van der Waals surface area contributed by atoms with Gasteiger partial charge in [-0.25, -0.2) is 13.5 Å². The number of rotatable bonds is 3. The molecule has 0 unspecified atom stereocenters. The van der Waals surface area contributed by atoms with Crippen molar-refractivity contribution in [2.24, 2.45) is 5.92 Å². The van der Waals surface area contributed by atoms with Gasteiger partial charge in [0.2, 0.25) is 5.91 Å². The van der Waals surface area contributed by atoms with Crippen molar-refractivity contribution in [1.82, 2.24) is 9.78 Å². The molecule has 0 fully saturated rings. The highest BCUT2D eigenvalue weighted by atomic mass is 19.2. The Morgan fingerprint density at radius 3 is 2.88 bits per heavy atom. The van der Waals surface area contributed by atoms with Crippen molar-refractivity contribution in [2.45, 2.75) is 32.7 Å². The third-order valence-electron chi connectivity index (χ3n) is 4.10. The molecular formula is C17H17F2N3O2. The normalized spacial score (nSPS) is 16.5. The Morgan fingerprint density at radius 1 is 1.33 bits per heavy atom. The van der Waals surface area contributed by atoms with Gasteiger partial charge < -0.3 is 5.32 Å². The van der Waals surface area contributed by atoms with E-state index in [4.69, 9.17) is 0 Å². The van der Waals surface area contributed by atoms with Crippen LogP contribution in [0.5, 0.6) is 0 Å². The number of hydrogen-bond acceptors (Lipinski definition) is 3. The van der Waals surface area contributed by atoms with Crippen molar-refractivity contribution >= 4 is 11.6 Å². The number of carbonyl (C=O) groups is 1. The average Bonchev–Trinajstić information content (AvgIpc) is 2.52. The van der Waals surface area contributed by atoms with Gasteiger partial charge in [-0.15, -0.1) is 0 Å². The molecule has 5 nitrogen and oxygen atoms in total. The van der Waals surface area contributed by atoms with E-state index >= 15 is 0 Å². The van der Waals surface area contributed by atoms with E-state index in [1.807, 2.05) is 0 Å². The lowest BCUT2D eigenvalue weighted by Gasteiger charge is -2.20. The van der Waals surface area contributed by atoms with E-state index in [1.165, 1.54) is 12.1 Å². The minimum atomic E-state index is -1.05. The monoisotopic (exact) mass is 333 g/mol. The summed E-state index contributed by atoms with van der Waals surface area (Å²) in [6, 6.07) is 4.59. The highest BCUT2D eigenvalue weighted by Gasteiger charge is 2.19. The predicted octanol–water partition coefficient (Wildman–Crippen LogP) is 2.29. The van der Waals surface area contributed by atoms with E-state index < -0.39 is 17.5 Å². The second-order valence-electron chi connectivity index (χ2n) is 6.14. The lowest BCUT2D eigenvalue weighted by molar-refractivity contribution is -0.117. The summed E-state index contributed by atoms with van der Waals surface area (Å²) in [5.41, 5.74) is 1.56. The van der Waals surface area contributed by atoms with Gasteiger partial charge >= 0.3 is 0 Å². The molecule has 1 atom stereocenters. The van der Waals surface area contributed by atoms with Crippen LogP contribution in [0.3, 0.4) is 0 Å². The topological polar surface area (TPSA) is 64.0 Å². The van der Waals surface area contributed by atoms with E-state index in [-0.39, 0.29) is 17.8 Å². The first kappa shape index (κ1) is 16.3. The smallest absolute Gasteiger partial charge is 0.267 e. The van der Waals surface area contributed by atoms with Crippen molar-refractivity contribution in [3.8, 4) is 0 Å². The number of aromatic nitrogens is 2. The minimum absolute atomic E-state index is 0.124. The Hall–Kier alpha value is -2.57. The number of carbonyl (C=O) groups excluding carboxylic acids is 1. The number of hydrogen-bond donors (Lipinski definition) is 1. The number of amides is 1. The highest BCUT2D eigenvalue weighted by molar-refractivity contribution is 5.90. The molecule has 1 aliphatic rings. The van der Waals surface area contributed by atoms with Gasteiger partial charge in [0.05, 0.1) is 5.69 Å². The van der Waals surface area contributed by atoms with Crippen molar-refractivity contribution in [1.29, 1.82) is 0 Å². The number of fused-ring (bicyclic) bond motifs is 1. The predicted molar refractivity (Wildman–Crippen MR) is 84.7 cm³/mol. The Bertz CT molecular complexity index is 848. The van der Waals surface area contributed by atoms with Gasteiger partial charge in [0, 0.05) is 17.8 Å². The van der Waals surface area contributed by atoms with Crippen LogP contribution < -0.4 is 10.9 Å². The molecule has 1 aliphatic carbocycles. The van der Waals surface area contributed by atoms with Crippen LogP contribution in [0.4, 0.5) is 14.5 Å². The molecule has 0 saturated carbocycles. The SMILES string of the molecule is C[C@H]1CCc2nn(CC(=O)Nc3ccc(F)c(F)c3)c(=O)cc2C1. The number of halogens is 2. The number of nitrogens with zero attached hydrogens (tertiary/aromatic N) is 2. The van der Waals surface area contributed by atoms with Crippen LogP contribution in [0.15, 0.2) is 29.1 Å². The number of nitrogens with one attached hydrogen (secondary N) is 1. The summed E-state index contributed by atoms with van der Waals surface area (Å²) in [6.07, 6.45) is 2.60. The zero-order valence-corrected chi connectivity index (χ0v) is 13.2. The van der Waals surface area contributed by atoms with E-state index in [9.17, 15) is 18.4 Å². The van der Waals surface area contributed by atoms with Gasteiger partial charge in [0.1, 0.15) is 6.54 Å². The first-order chi connectivity index (χ1) is 11.4. The van der Waals surface area contributed by atoms with E-state index in [2.05, 4.69) is 17.3 Å². The fourth-order valence-corrected chi connectivity index (χ4v) is 2.84. The van der Waals surface area contributed by atoms with Gasteiger partial charge in [-0.3, -0.25) is 9.59 Å². The van der Waals surface area contributed by atoms with Gasteiger partial charge in [-0.1, -0.05) is 6.92 Å². The quantitative estimate of drug-likeness (QED) is 0.937. The largest absolute Gasteiger partial charge is 0.324 e. The molecule has 126 valence electrons. The third kappa shape index (κ3) is 3.50. The van der Waals surface area contributed by atoms with Crippen LogP contribution in [0.1, 0.15) is 24.6 Å². The number of anilines is 1. The summed E-state index contributed by atoms with van der Waals surface area (Å²) in [5.74, 6) is -2.05. The van der Waals surface area contributed by atoms with E-state index in [1.54, 1.807) is 0 Å². The minimum Gasteiger partial charge on any atom is -0.324 e. The summed E-state index contributed by atoms with van der Waals surface area (Å²) < 4.78 is 27.1. The molecule has 3 rings (SSSR count). The van der Waals surface area contributed by atoms with Gasteiger partial charge in [-0.2, -0.15) is 5.10 Å². The average molecular weight is 333 g/mol. The molecule has 0 aliphatic heterocycles. The fraction of sp³-hybridized carbons (Fsp3) is 0.353. The van der Waals surface area contributed by atoms with Crippen LogP contribution in [0.2, 0.25) is 0 Å². The summed E-state index contributed by atoms with van der Waals surface area (Å²) in [4.78, 5) is 24.1. The zero-order valence-electron chi connectivity index (χ0n) is 13.2. The molecule has 2 aromatic rings. The Morgan fingerprint density at radius 2 is 2.12 bits per heavy atom. The Kier molecular flexibility index (Phi) is 4.42. The summed E-state index contributed by atoms with van der Waals surface area (Å²) in [6.45, 7) is 1.85. The second kappa shape index (κ2) is 6.51. The molecule has 7 heteroatoms. The van der Waals surface area contributed by atoms with Gasteiger partial charge in [-0.05, 0) is 42.9 Å². The molecule has 1 aromatic carbocycles.